The summed E-state index contributed by atoms with van der Waals surface area (Å²) in [6.07, 6.45) is 0. The fourth-order valence-corrected chi connectivity index (χ4v) is 5.93. The maximum absolute atomic E-state index is 14.0. The van der Waals surface area contributed by atoms with Crippen LogP contribution in [0.5, 0.6) is 0 Å². The molecule has 1 saturated heterocycles. The Morgan fingerprint density at radius 1 is 0.718 bits per heavy atom. The number of aromatic nitrogens is 1. The van der Waals surface area contributed by atoms with Gasteiger partial charge in [-0.25, -0.2) is 4.98 Å². The number of halogens is 2. The third kappa shape index (κ3) is 5.28. The molecule has 6 rings (SSSR count). The SMILES string of the molecule is O=C(c1cc(-c2ccc(Cl)cc2Cl)nc2ccccc12)N1CCN(C(c2ccccc2)c2ccccc2)CC1. The van der Waals surface area contributed by atoms with Gasteiger partial charge < -0.3 is 4.90 Å². The van der Waals surface area contributed by atoms with Crippen molar-refractivity contribution in [2.45, 2.75) is 6.04 Å². The van der Waals surface area contributed by atoms with Gasteiger partial charge in [-0.15, -0.1) is 0 Å². The van der Waals surface area contributed by atoms with Crippen molar-refractivity contribution in [3.05, 3.63) is 136 Å². The van der Waals surface area contributed by atoms with Gasteiger partial charge in [0.2, 0.25) is 0 Å². The lowest BCUT2D eigenvalue weighted by molar-refractivity contribution is 0.0599. The van der Waals surface area contributed by atoms with Crippen LogP contribution in [0.4, 0.5) is 0 Å². The average Bonchev–Trinajstić information content (AvgIpc) is 2.98. The Balaban J connectivity index is 1.29. The Morgan fingerprint density at radius 3 is 1.97 bits per heavy atom. The van der Waals surface area contributed by atoms with Gasteiger partial charge in [-0.1, -0.05) is 102 Å². The molecular weight excluding hydrogens is 525 g/mol. The summed E-state index contributed by atoms with van der Waals surface area (Å²) in [7, 11) is 0. The van der Waals surface area contributed by atoms with Crippen molar-refractivity contribution in [3.63, 3.8) is 0 Å². The van der Waals surface area contributed by atoms with E-state index in [0.29, 0.717) is 34.4 Å². The van der Waals surface area contributed by atoms with Crippen LogP contribution in [-0.2, 0) is 0 Å². The number of carbonyl (C=O) groups excluding carboxylic acids is 1. The first kappa shape index (κ1) is 25.6. The fourth-order valence-electron chi connectivity index (χ4n) is 5.43. The standard InChI is InChI=1S/C33H27Cl2N3O/c34-25-15-16-27(29(35)21-25)31-22-28(26-13-7-8-14-30(26)36-31)33(39)38-19-17-37(18-20-38)32(23-9-3-1-4-10-23)24-11-5-2-6-12-24/h1-16,21-22,32H,17-20H2. The van der Waals surface area contributed by atoms with E-state index in [0.717, 1.165) is 29.6 Å². The molecule has 0 aliphatic carbocycles. The van der Waals surface area contributed by atoms with E-state index in [1.807, 2.05) is 53.4 Å². The molecule has 39 heavy (non-hydrogen) atoms. The van der Waals surface area contributed by atoms with Crippen molar-refractivity contribution in [3.8, 4) is 11.3 Å². The minimum atomic E-state index is 0.00978. The van der Waals surface area contributed by atoms with Gasteiger partial charge in [0.1, 0.15) is 0 Å². The molecule has 0 spiro atoms. The molecule has 0 saturated carbocycles. The van der Waals surface area contributed by atoms with E-state index in [4.69, 9.17) is 28.2 Å². The number of pyridine rings is 1. The molecule has 0 N–H and O–H groups in total. The van der Waals surface area contributed by atoms with Gasteiger partial charge in [0.25, 0.3) is 5.91 Å². The summed E-state index contributed by atoms with van der Waals surface area (Å²) < 4.78 is 0. The lowest BCUT2D eigenvalue weighted by Crippen LogP contribution is -2.49. The normalized spacial score (nSPS) is 14.2. The Kier molecular flexibility index (Phi) is 7.34. The van der Waals surface area contributed by atoms with Gasteiger partial charge in [0, 0.05) is 42.2 Å². The minimum absolute atomic E-state index is 0.00978. The number of nitrogens with zero attached hydrogens (tertiary/aromatic N) is 3. The van der Waals surface area contributed by atoms with Crippen LogP contribution in [0.25, 0.3) is 22.2 Å². The molecule has 4 aromatic carbocycles. The lowest BCUT2D eigenvalue weighted by atomic mass is 9.96. The van der Waals surface area contributed by atoms with Gasteiger partial charge in [-0.3, -0.25) is 9.69 Å². The number of para-hydroxylation sites is 1. The number of benzene rings is 4. The fraction of sp³-hybridized carbons (Fsp3) is 0.152. The molecule has 1 aromatic heterocycles. The van der Waals surface area contributed by atoms with E-state index in [9.17, 15) is 4.79 Å². The zero-order chi connectivity index (χ0) is 26.8. The van der Waals surface area contributed by atoms with Crippen LogP contribution in [0, 0.1) is 0 Å². The number of hydrogen-bond donors (Lipinski definition) is 0. The molecule has 2 heterocycles. The first-order valence-corrected chi connectivity index (χ1v) is 13.8. The van der Waals surface area contributed by atoms with E-state index < -0.39 is 0 Å². The van der Waals surface area contributed by atoms with Gasteiger partial charge in [-0.05, 0) is 41.5 Å². The molecule has 1 aliphatic rings. The molecule has 1 aliphatic heterocycles. The molecule has 0 unspecified atom stereocenters. The van der Waals surface area contributed by atoms with E-state index in [1.54, 1.807) is 12.1 Å². The summed E-state index contributed by atoms with van der Waals surface area (Å²) in [5, 5.41) is 1.90. The van der Waals surface area contributed by atoms with E-state index in [2.05, 4.69) is 53.4 Å². The Labute approximate surface area is 238 Å². The first-order valence-electron chi connectivity index (χ1n) is 13.1. The Hall–Kier alpha value is -3.70. The summed E-state index contributed by atoms with van der Waals surface area (Å²) in [4.78, 5) is 23.2. The highest BCUT2D eigenvalue weighted by molar-refractivity contribution is 6.36. The van der Waals surface area contributed by atoms with Crippen LogP contribution in [0.2, 0.25) is 10.0 Å². The predicted molar refractivity (Wildman–Crippen MR) is 159 cm³/mol. The van der Waals surface area contributed by atoms with E-state index in [-0.39, 0.29) is 11.9 Å². The Bertz CT molecular complexity index is 1580. The van der Waals surface area contributed by atoms with Crippen molar-refractivity contribution in [2.24, 2.45) is 0 Å². The molecule has 5 aromatic rings. The number of rotatable bonds is 5. The van der Waals surface area contributed by atoms with Crippen molar-refractivity contribution < 1.29 is 4.79 Å². The molecule has 0 atom stereocenters. The summed E-state index contributed by atoms with van der Waals surface area (Å²) in [5.74, 6) is 0.00978. The van der Waals surface area contributed by atoms with Gasteiger partial charge >= 0.3 is 0 Å². The molecule has 1 fully saturated rings. The summed E-state index contributed by atoms with van der Waals surface area (Å²) in [6, 6.07) is 36.3. The average molecular weight is 553 g/mol. The topological polar surface area (TPSA) is 36.4 Å². The zero-order valence-electron chi connectivity index (χ0n) is 21.3. The second kappa shape index (κ2) is 11.2. The Morgan fingerprint density at radius 2 is 1.33 bits per heavy atom. The minimum Gasteiger partial charge on any atom is -0.336 e. The van der Waals surface area contributed by atoms with Gasteiger partial charge in [0.15, 0.2) is 0 Å². The smallest absolute Gasteiger partial charge is 0.254 e. The van der Waals surface area contributed by atoms with E-state index in [1.165, 1.54) is 11.1 Å². The quantitative estimate of drug-likeness (QED) is 0.224. The van der Waals surface area contributed by atoms with Crippen LogP contribution in [0.1, 0.15) is 27.5 Å². The van der Waals surface area contributed by atoms with Crippen molar-refractivity contribution >= 4 is 40.0 Å². The maximum Gasteiger partial charge on any atom is 0.254 e. The van der Waals surface area contributed by atoms with Crippen LogP contribution in [-0.4, -0.2) is 46.9 Å². The summed E-state index contributed by atoms with van der Waals surface area (Å²) >= 11 is 12.6. The highest BCUT2D eigenvalue weighted by Crippen LogP contribution is 2.33. The maximum atomic E-state index is 14.0. The van der Waals surface area contributed by atoms with Crippen LogP contribution in [0.15, 0.2) is 109 Å². The molecule has 0 bridgehead atoms. The number of piperazine rings is 1. The highest BCUT2D eigenvalue weighted by Gasteiger charge is 2.29. The third-order valence-electron chi connectivity index (χ3n) is 7.35. The van der Waals surface area contributed by atoms with Crippen LogP contribution >= 0.6 is 23.2 Å². The summed E-state index contributed by atoms with van der Waals surface area (Å²) in [6.45, 7) is 2.84. The monoisotopic (exact) mass is 551 g/mol. The second-order valence-corrected chi connectivity index (χ2v) is 10.6. The van der Waals surface area contributed by atoms with Crippen LogP contribution < -0.4 is 0 Å². The van der Waals surface area contributed by atoms with Crippen molar-refractivity contribution in [1.29, 1.82) is 0 Å². The molecule has 194 valence electrons. The first-order chi connectivity index (χ1) is 19.1. The second-order valence-electron chi connectivity index (χ2n) is 9.75. The van der Waals surface area contributed by atoms with Crippen molar-refractivity contribution in [2.75, 3.05) is 26.2 Å². The molecule has 0 radical (unpaired) electrons. The summed E-state index contributed by atoms with van der Waals surface area (Å²) in [5.41, 5.74) is 5.32. The number of carbonyl (C=O) groups is 1. The molecular formula is C33H27Cl2N3O. The number of hydrogen-bond acceptors (Lipinski definition) is 3. The van der Waals surface area contributed by atoms with Crippen molar-refractivity contribution in [1.82, 2.24) is 14.8 Å². The number of amides is 1. The number of fused-ring (bicyclic) bond motifs is 1. The lowest BCUT2D eigenvalue weighted by Gasteiger charge is -2.40. The molecule has 4 nitrogen and oxygen atoms in total. The van der Waals surface area contributed by atoms with Crippen LogP contribution in [0.3, 0.4) is 0 Å². The van der Waals surface area contributed by atoms with Gasteiger partial charge in [0.05, 0.1) is 27.8 Å². The third-order valence-corrected chi connectivity index (χ3v) is 7.90. The predicted octanol–water partition coefficient (Wildman–Crippen LogP) is 7.76. The molecule has 6 heteroatoms. The molecule has 1 amide bonds. The zero-order valence-corrected chi connectivity index (χ0v) is 22.8. The largest absolute Gasteiger partial charge is 0.336 e. The van der Waals surface area contributed by atoms with E-state index >= 15 is 0 Å². The highest BCUT2D eigenvalue weighted by atomic mass is 35.5. The van der Waals surface area contributed by atoms with Gasteiger partial charge in [-0.2, -0.15) is 0 Å².